The van der Waals surface area contributed by atoms with Gasteiger partial charge in [-0.1, -0.05) is 26.0 Å². The van der Waals surface area contributed by atoms with Crippen LogP contribution in [-0.4, -0.2) is 30.1 Å². The van der Waals surface area contributed by atoms with Gasteiger partial charge in [-0.15, -0.1) is 0 Å². The molecule has 16 heavy (non-hydrogen) atoms. The minimum atomic E-state index is 0.453. The Labute approximate surface area is 101 Å². The van der Waals surface area contributed by atoms with Gasteiger partial charge in [0.2, 0.25) is 0 Å². The minimum absolute atomic E-state index is 0.453. The first-order valence-corrected chi connectivity index (χ1v) is 6.83. The lowest BCUT2D eigenvalue weighted by Crippen LogP contribution is -2.42. The molecule has 0 aliphatic heterocycles. The second-order valence-electron chi connectivity index (χ2n) is 5.14. The molecule has 1 aliphatic carbocycles. The summed E-state index contributed by atoms with van der Waals surface area (Å²) >= 11 is 0. The molecule has 0 atom stereocenters. The Hall–Kier alpha value is -0.340. The van der Waals surface area contributed by atoms with Crippen molar-refractivity contribution in [2.24, 2.45) is 5.73 Å². The maximum absolute atomic E-state index is 5.96. The van der Waals surface area contributed by atoms with E-state index in [2.05, 4.69) is 25.3 Å². The first-order chi connectivity index (χ1) is 7.67. The van der Waals surface area contributed by atoms with E-state index in [0.717, 1.165) is 19.0 Å². The molecule has 2 N–H and O–H groups in total. The Morgan fingerprint density at radius 1 is 1.25 bits per heavy atom. The summed E-state index contributed by atoms with van der Waals surface area (Å²) in [6.07, 6.45) is 7.29. The van der Waals surface area contributed by atoms with Crippen molar-refractivity contribution >= 4 is 0 Å². The van der Waals surface area contributed by atoms with Gasteiger partial charge < -0.3 is 5.73 Å². The first-order valence-electron chi connectivity index (χ1n) is 6.83. The van der Waals surface area contributed by atoms with Crippen molar-refractivity contribution in [3.05, 3.63) is 12.2 Å². The van der Waals surface area contributed by atoms with Gasteiger partial charge in [0.15, 0.2) is 0 Å². The molecular formula is C14H28N2. The molecule has 1 aliphatic rings. The monoisotopic (exact) mass is 224 g/mol. The van der Waals surface area contributed by atoms with E-state index in [1.807, 2.05) is 0 Å². The zero-order valence-corrected chi connectivity index (χ0v) is 11.0. The van der Waals surface area contributed by atoms with Gasteiger partial charge in [-0.2, -0.15) is 0 Å². The molecule has 0 aromatic rings. The average molecular weight is 224 g/mol. The van der Waals surface area contributed by atoms with Gasteiger partial charge in [0, 0.05) is 18.6 Å². The SMILES string of the molecule is C=C(CC)CN(CCC)C1CCC(N)CC1. The van der Waals surface area contributed by atoms with Gasteiger partial charge in [0.05, 0.1) is 0 Å². The highest BCUT2D eigenvalue weighted by Crippen LogP contribution is 2.23. The minimum Gasteiger partial charge on any atom is -0.328 e. The summed E-state index contributed by atoms with van der Waals surface area (Å²) in [6.45, 7) is 10.9. The molecule has 2 heteroatoms. The van der Waals surface area contributed by atoms with E-state index in [-0.39, 0.29) is 0 Å². The molecule has 1 rings (SSSR count). The Kier molecular flexibility index (Phi) is 6.07. The molecule has 1 fully saturated rings. The molecule has 0 radical (unpaired) electrons. The summed E-state index contributed by atoms with van der Waals surface area (Å²) in [4.78, 5) is 2.62. The molecule has 0 bridgehead atoms. The Balaban J connectivity index is 2.45. The number of hydrogen-bond acceptors (Lipinski definition) is 2. The molecule has 0 unspecified atom stereocenters. The molecule has 0 aromatic carbocycles. The van der Waals surface area contributed by atoms with Crippen LogP contribution in [-0.2, 0) is 0 Å². The van der Waals surface area contributed by atoms with Crippen LogP contribution in [0, 0.1) is 0 Å². The third-order valence-corrected chi connectivity index (χ3v) is 3.70. The molecular weight excluding hydrogens is 196 g/mol. The lowest BCUT2D eigenvalue weighted by molar-refractivity contribution is 0.161. The lowest BCUT2D eigenvalue weighted by atomic mass is 9.90. The van der Waals surface area contributed by atoms with Gasteiger partial charge in [-0.3, -0.25) is 4.90 Å². The van der Waals surface area contributed by atoms with Gasteiger partial charge in [-0.25, -0.2) is 0 Å². The van der Waals surface area contributed by atoms with E-state index >= 15 is 0 Å². The lowest BCUT2D eigenvalue weighted by Gasteiger charge is -2.36. The molecule has 0 aromatic heterocycles. The average Bonchev–Trinajstić information content (AvgIpc) is 2.29. The van der Waals surface area contributed by atoms with Gasteiger partial charge in [-0.05, 0) is 45.1 Å². The Morgan fingerprint density at radius 2 is 1.88 bits per heavy atom. The number of rotatable bonds is 6. The van der Waals surface area contributed by atoms with Crippen LogP contribution in [0.1, 0.15) is 52.4 Å². The topological polar surface area (TPSA) is 29.3 Å². The Bertz CT molecular complexity index is 205. The van der Waals surface area contributed by atoms with Crippen molar-refractivity contribution in [1.29, 1.82) is 0 Å². The second-order valence-corrected chi connectivity index (χ2v) is 5.14. The van der Waals surface area contributed by atoms with E-state index in [0.29, 0.717) is 6.04 Å². The van der Waals surface area contributed by atoms with Gasteiger partial charge in [0.1, 0.15) is 0 Å². The maximum atomic E-state index is 5.96. The largest absolute Gasteiger partial charge is 0.328 e. The number of nitrogens with zero attached hydrogens (tertiary/aromatic N) is 1. The van der Waals surface area contributed by atoms with Crippen LogP contribution in [0.5, 0.6) is 0 Å². The summed E-state index contributed by atoms with van der Waals surface area (Å²) in [6, 6.07) is 1.21. The van der Waals surface area contributed by atoms with Gasteiger partial charge in [0.25, 0.3) is 0 Å². The van der Waals surface area contributed by atoms with E-state index in [9.17, 15) is 0 Å². The molecule has 0 saturated heterocycles. The molecule has 94 valence electrons. The normalized spacial score (nSPS) is 26.0. The van der Waals surface area contributed by atoms with Crippen LogP contribution in [0.3, 0.4) is 0 Å². The van der Waals surface area contributed by atoms with Crippen molar-refractivity contribution in [3.63, 3.8) is 0 Å². The maximum Gasteiger partial charge on any atom is 0.0192 e. The molecule has 0 amide bonds. The van der Waals surface area contributed by atoms with Crippen LogP contribution in [0.2, 0.25) is 0 Å². The van der Waals surface area contributed by atoms with E-state index < -0.39 is 0 Å². The van der Waals surface area contributed by atoms with Crippen molar-refractivity contribution in [1.82, 2.24) is 4.90 Å². The highest BCUT2D eigenvalue weighted by atomic mass is 15.2. The van der Waals surface area contributed by atoms with Crippen LogP contribution in [0.25, 0.3) is 0 Å². The standard InChI is InChI=1S/C14H28N2/c1-4-10-16(11-12(3)5-2)14-8-6-13(15)7-9-14/h13-14H,3-11,15H2,1-2H3. The van der Waals surface area contributed by atoms with Gasteiger partial charge >= 0.3 is 0 Å². The van der Waals surface area contributed by atoms with Crippen LogP contribution in [0.15, 0.2) is 12.2 Å². The zero-order chi connectivity index (χ0) is 12.0. The zero-order valence-electron chi connectivity index (χ0n) is 11.0. The molecule has 1 saturated carbocycles. The van der Waals surface area contributed by atoms with E-state index in [1.54, 1.807) is 0 Å². The van der Waals surface area contributed by atoms with Crippen molar-refractivity contribution < 1.29 is 0 Å². The summed E-state index contributed by atoms with van der Waals surface area (Å²) in [7, 11) is 0. The quantitative estimate of drug-likeness (QED) is 0.703. The van der Waals surface area contributed by atoms with Crippen LogP contribution in [0.4, 0.5) is 0 Å². The highest BCUT2D eigenvalue weighted by Gasteiger charge is 2.23. The summed E-state index contributed by atoms with van der Waals surface area (Å²) in [5.74, 6) is 0. The summed E-state index contributed by atoms with van der Waals surface area (Å²) in [5.41, 5.74) is 7.33. The van der Waals surface area contributed by atoms with Crippen molar-refractivity contribution in [2.75, 3.05) is 13.1 Å². The predicted molar refractivity (Wildman–Crippen MR) is 71.5 cm³/mol. The first kappa shape index (κ1) is 13.7. The highest BCUT2D eigenvalue weighted by molar-refractivity contribution is 4.97. The second kappa shape index (κ2) is 7.08. The smallest absolute Gasteiger partial charge is 0.0192 e. The predicted octanol–water partition coefficient (Wildman–Crippen LogP) is 2.93. The molecule has 0 spiro atoms. The van der Waals surface area contributed by atoms with E-state index in [1.165, 1.54) is 44.2 Å². The number of nitrogens with two attached hydrogens (primary N) is 1. The fraction of sp³-hybridized carbons (Fsp3) is 0.857. The fourth-order valence-electron chi connectivity index (χ4n) is 2.54. The Morgan fingerprint density at radius 3 is 2.38 bits per heavy atom. The molecule has 2 nitrogen and oxygen atoms in total. The van der Waals surface area contributed by atoms with Crippen LogP contribution >= 0.6 is 0 Å². The molecule has 0 heterocycles. The van der Waals surface area contributed by atoms with Crippen molar-refractivity contribution in [3.8, 4) is 0 Å². The summed E-state index contributed by atoms with van der Waals surface area (Å²) < 4.78 is 0. The van der Waals surface area contributed by atoms with E-state index in [4.69, 9.17) is 5.73 Å². The van der Waals surface area contributed by atoms with Crippen LogP contribution < -0.4 is 5.73 Å². The fourth-order valence-corrected chi connectivity index (χ4v) is 2.54. The third-order valence-electron chi connectivity index (χ3n) is 3.70. The number of hydrogen-bond donors (Lipinski definition) is 1. The third kappa shape index (κ3) is 4.26. The summed E-state index contributed by atoms with van der Waals surface area (Å²) in [5, 5.41) is 0. The van der Waals surface area contributed by atoms with Crippen molar-refractivity contribution in [2.45, 2.75) is 64.5 Å².